The maximum atomic E-state index is 5.89. The van der Waals surface area contributed by atoms with Gasteiger partial charge in [0.05, 0.1) is 0 Å². The molecule has 2 N–H and O–H groups in total. The number of rotatable bonds is 4. The minimum Gasteiger partial charge on any atom is -0.398 e. The van der Waals surface area contributed by atoms with Crippen molar-refractivity contribution in [2.75, 3.05) is 12.8 Å². The molecule has 0 bridgehead atoms. The molecule has 1 atom stereocenters. The van der Waals surface area contributed by atoms with E-state index in [2.05, 4.69) is 10.1 Å². The van der Waals surface area contributed by atoms with Crippen LogP contribution < -0.4 is 5.73 Å². The average molecular weight is 259 g/mol. The summed E-state index contributed by atoms with van der Waals surface area (Å²) in [6.45, 7) is 1.95. The zero-order chi connectivity index (χ0) is 13.4. The first-order valence-corrected chi connectivity index (χ1v) is 6.42. The van der Waals surface area contributed by atoms with Crippen molar-refractivity contribution in [2.24, 2.45) is 5.92 Å². The first-order chi connectivity index (χ1) is 9.20. The molecule has 0 saturated heterocycles. The Balaban J connectivity index is 1.94. The highest BCUT2D eigenvalue weighted by atomic mass is 16.5. The zero-order valence-corrected chi connectivity index (χ0v) is 11.1. The molecule has 1 aromatic heterocycles. The molecule has 1 aliphatic carbocycles. The molecule has 100 valence electrons. The third kappa shape index (κ3) is 2.21. The van der Waals surface area contributed by atoms with Crippen molar-refractivity contribution in [2.45, 2.75) is 25.9 Å². The first-order valence-electron chi connectivity index (χ1n) is 6.42. The van der Waals surface area contributed by atoms with Gasteiger partial charge in [-0.05, 0) is 43.4 Å². The van der Waals surface area contributed by atoms with Gasteiger partial charge < -0.3 is 15.0 Å². The lowest BCUT2D eigenvalue weighted by Crippen LogP contribution is -2.05. The SMILES string of the molecule is COC(c1noc(-c2cccc(N)c2C)n1)C1CC1. The van der Waals surface area contributed by atoms with E-state index in [4.69, 9.17) is 15.0 Å². The van der Waals surface area contributed by atoms with Crippen LogP contribution in [0.2, 0.25) is 0 Å². The van der Waals surface area contributed by atoms with E-state index in [9.17, 15) is 0 Å². The van der Waals surface area contributed by atoms with Gasteiger partial charge in [-0.2, -0.15) is 4.98 Å². The van der Waals surface area contributed by atoms with Crippen LogP contribution in [0, 0.1) is 12.8 Å². The van der Waals surface area contributed by atoms with E-state index in [1.54, 1.807) is 7.11 Å². The third-order valence-electron chi connectivity index (χ3n) is 3.61. The Bertz CT molecular complexity index is 590. The van der Waals surface area contributed by atoms with E-state index in [1.807, 2.05) is 25.1 Å². The van der Waals surface area contributed by atoms with E-state index >= 15 is 0 Å². The molecular formula is C14H17N3O2. The largest absolute Gasteiger partial charge is 0.398 e. The Labute approximate surface area is 111 Å². The molecule has 1 saturated carbocycles. The fraction of sp³-hybridized carbons (Fsp3) is 0.429. The van der Waals surface area contributed by atoms with Crippen LogP contribution >= 0.6 is 0 Å². The highest BCUT2D eigenvalue weighted by Crippen LogP contribution is 2.42. The number of methoxy groups -OCH3 is 1. The van der Waals surface area contributed by atoms with Gasteiger partial charge in [0, 0.05) is 18.4 Å². The van der Waals surface area contributed by atoms with Crippen molar-refractivity contribution in [1.29, 1.82) is 0 Å². The summed E-state index contributed by atoms with van der Waals surface area (Å²) in [5.74, 6) is 1.65. The van der Waals surface area contributed by atoms with Crippen LogP contribution in [0.15, 0.2) is 22.7 Å². The summed E-state index contributed by atoms with van der Waals surface area (Å²) in [6.07, 6.45) is 2.28. The third-order valence-corrected chi connectivity index (χ3v) is 3.61. The van der Waals surface area contributed by atoms with Crippen molar-refractivity contribution >= 4 is 5.69 Å². The predicted octanol–water partition coefficient (Wildman–Crippen LogP) is 2.72. The fourth-order valence-electron chi connectivity index (χ4n) is 2.25. The van der Waals surface area contributed by atoms with Crippen LogP contribution in [-0.2, 0) is 4.74 Å². The van der Waals surface area contributed by atoms with Crippen LogP contribution in [0.25, 0.3) is 11.5 Å². The van der Waals surface area contributed by atoms with Gasteiger partial charge in [0.1, 0.15) is 6.10 Å². The summed E-state index contributed by atoms with van der Waals surface area (Å²) in [6, 6.07) is 5.68. The number of hydrogen-bond acceptors (Lipinski definition) is 5. The van der Waals surface area contributed by atoms with E-state index in [0.717, 1.165) is 16.8 Å². The molecule has 0 radical (unpaired) electrons. The molecule has 2 aromatic rings. The van der Waals surface area contributed by atoms with E-state index in [0.29, 0.717) is 17.6 Å². The predicted molar refractivity (Wildman–Crippen MR) is 71.4 cm³/mol. The zero-order valence-electron chi connectivity index (χ0n) is 11.1. The minimum atomic E-state index is -0.0566. The second-order valence-electron chi connectivity index (χ2n) is 4.97. The Morgan fingerprint density at radius 1 is 1.42 bits per heavy atom. The molecule has 5 nitrogen and oxygen atoms in total. The van der Waals surface area contributed by atoms with E-state index < -0.39 is 0 Å². The summed E-state index contributed by atoms with van der Waals surface area (Å²) >= 11 is 0. The maximum Gasteiger partial charge on any atom is 0.258 e. The second kappa shape index (κ2) is 4.66. The molecule has 0 spiro atoms. The summed E-state index contributed by atoms with van der Waals surface area (Å²) < 4.78 is 10.8. The van der Waals surface area contributed by atoms with Crippen LogP contribution in [0.4, 0.5) is 5.69 Å². The summed E-state index contributed by atoms with van der Waals surface area (Å²) in [7, 11) is 1.69. The standard InChI is InChI=1S/C14H17N3O2/c1-8-10(4-3-5-11(8)15)14-16-13(17-19-14)12(18-2)9-6-7-9/h3-5,9,12H,6-7,15H2,1-2H3. The quantitative estimate of drug-likeness (QED) is 0.854. The molecular weight excluding hydrogens is 242 g/mol. The highest BCUT2D eigenvalue weighted by molar-refractivity contribution is 5.66. The highest BCUT2D eigenvalue weighted by Gasteiger charge is 2.35. The molecule has 19 heavy (non-hydrogen) atoms. The van der Waals surface area contributed by atoms with Crippen LogP contribution in [0.1, 0.15) is 30.3 Å². The smallest absolute Gasteiger partial charge is 0.258 e. The number of nitrogens with two attached hydrogens (primary N) is 1. The number of hydrogen-bond donors (Lipinski definition) is 1. The molecule has 5 heteroatoms. The molecule has 1 heterocycles. The van der Waals surface area contributed by atoms with Gasteiger partial charge in [-0.25, -0.2) is 0 Å². The lowest BCUT2D eigenvalue weighted by Gasteiger charge is -2.08. The molecule has 1 aromatic carbocycles. The molecule has 1 fully saturated rings. The van der Waals surface area contributed by atoms with Crippen molar-refractivity contribution in [3.05, 3.63) is 29.6 Å². The van der Waals surface area contributed by atoms with Crippen LogP contribution in [-0.4, -0.2) is 17.3 Å². The maximum absolute atomic E-state index is 5.89. The number of nitrogens with zero attached hydrogens (tertiary/aromatic N) is 2. The number of nitrogen functional groups attached to an aromatic ring is 1. The first kappa shape index (κ1) is 12.2. The number of benzene rings is 1. The van der Waals surface area contributed by atoms with Crippen molar-refractivity contribution in [1.82, 2.24) is 10.1 Å². The second-order valence-corrected chi connectivity index (χ2v) is 4.97. The summed E-state index contributed by atoms with van der Waals surface area (Å²) in [5.41, 5.74) is 8.45. The Hall–Kier alpha value is -1.88. The van der Waals surface area contributed by atoms with Crippen molar-refractivity contribution in [3.63, 3.8) is 0 Å². The molecule has 3 rings (SSSR count). The van der Waals surface area contributed by atoms with Gasteiger partial charge >= 0.3 is 0 Å². The topological polar surface area (TPSA) is 74.2 Å². The van der Waals surface area contributed by atoms with Crippen molar-refractivity contribution in [3.8, 4) is 11.5 Å². The van der Waals surface area contributed by atoms with Gasteiger partial charge in [-0.1, -0.05) is 11.2 Å². The molecule has 1 unspecified atom stereocenters. The van der Waals surface area contributed by atoms with Gasteiger partial charge in [0.2, 0.25) is 5.82 Å². The molecule has 0 amide bonds. The normalized spacial score (nSPS) is 16.5. The lowest BCUT2D eigenvalue weighted by atomic mass is 10.1. The fourth-order valence-corrected chi connectivity index (χ4v) is 2.25. The Morgan fingerprint density at radius 2 is 2.21 bits per heavy atom. The van der Waals surface area contributed by atoms with E-state index in [-0.39, 0.29) is 6.10 Å². The summed E-state index contributed by atoms with van der Waals surface area (Å²) in [5, 5.41) is 4.04. The lowest BCUT2D eigenvalue weighted by molar-refractivity contribution is 0.0751. The monoisotopic (exact) mass is 259 g/mol. The Morgan fingerprint density at radius 3 is 2.89 bits per heavy atom. The van der Waals surface area contributed by atoms with E-state index in [1.165, 1.54) is 12.8 Å². The average Bonchev–Trinajstić information content (AvgIpc) is 3.12. The van der Waals surface area contributed by atoms with Crippen molar-refractivity contribution < 1.29 is 9.26 Å². The Kier molecular flexibility index (Phi) is 2.98. The summed E-state index contributed by atoms with van der Waals surface area (Å²) in [4.78, 5) is 4.46. The van der Waals surface area contributed by atoms with Gasteiger partial charge in [0.15, 0.2) is 0 Å². The molecule has 1 aliphatic rings. The van der Waals surface area contributed by atoms with Gasteiger partial charge in [0.25, 0.3) is 5.89 Å². The number of ether oxygens (including phenoxy) is 1. The van der Waals surface area contributed by atoms with Gasteiger partial charge in [-0.3, -0.25) is 0 Å². The van der Waals surface area contributed by atoms with Crippen LogP contribution in [0.5, 0.6) is 0 Å². The van der Waals surface area contributed by atoms with Crippen LogP contribution in [0.3, 0.4) is 0 Å². The number of aromatic nitrogens is 2. The minimum absolute atomic E-state index is 0.0566. The number of anilines is 1. The van der Waals surface area contributed by atoms with Gasteiger partial charge in [-0.15, -0.1) is 0 Å². The molecule has 0 aliphatic heterocycles.